The van der Waals surface area contributed by atoms with Gasteiger partial charge in [-0.05, 0) is 35.9 Å². The summed E-state index contributed by atoms with van der Waals surface area (Å²) in [5.41, 5.74) is 3.53. The molecule has 0 atom stereocenters. The van der Waals surface area contributed by atoms with Crippen LogP contribution in [0.5, 0.6) is 0 Å². The molecule has 0 bridgehead atoms. The number of aromatic nitrogens is 1. The maximum atomic E-state index is 12.2. The Labute approximate surface area is 168 Å². The molecule has 6 nitrogen and oxygen atoms in total. The number of anilines is 2. The molecule has 1 aromatic heterocycles. The van der Waals surface area contributed by atoms with E-state index in [1.165, 1.54) is 0 Å². The maximum Gasteiger partial charge on any atom is 0.257 e. The summed E-state index contributed by atoms with van der Waals surface area (Å²) in [5.74, 6) is 0.975. The zero-order valence-electron chi connectivity index (χ0n) is 15.4. The molecule has 144 valence electrons. The molecule has 1 N–H and O–H groups in total. The van der Waals surface area contributed by atoms with Crippen molar-refractivity contribution in [2.75, 3.05) is 42.3 Å². The van der Waals surface area contributed by atoms with Crippen molar-refractivity contribution < 1.29 is 9.59 Å². The molecule has 0 unspecified atom stereocenters. The first-order chi connectivity index (χ1) is 13.7. The van der Waals surface area contributed by atoms with Crippen LogP contribution in [0.25, 0.3) is 11.6 Å². The molecule has 3 heterocycles. The van der Waals surface area contributed by atoms with Gasteiger partial charge in [0.1, 0.15) is 5.82 Å². The maximum absolute atomic E-state index is 12.2. The van der Waals surface area contributed by atoms with Crippen molar-refractivity contribution in [2.45, 2.75) is 6.42 Å². The number of pyridine rings is 1. The molecule has 1 saturated heterocycles. The SMILES string of the molecule is O=C1Nc2ncccc2/C1=C/c1ccc(N2CCN(C(=O)CCCl)CC2)cc1. The first-order valence-corrected chi connectivity index (χ1v) is 9.86. The number of halogens is 1. The molecule has 7 heteroatoms. The van der Waals surface area contributed by atoms with Gasteiger partial charge in [0, 0.05) is 55.9 Å². The summed E-state index contributed by atoms with van der Waals surface area (Å²) in [5, 5.41) is 2.79. The van der Waals surface area contributed by atoms with E-state index in [4.69, 9.17) is 11.6 Å². The molecule has 0 spiro atoms. The highest BCUT2D eigenvalue weighted by Gasteiger charge is 2.25. The quantitative estimate of drug-likeness (QED) is 0.637. The highest BCUT2D eigenvalue weighted by Crippen LogP contribution is 2.31. The van der Waals surface area contributed by atoms with Gasteiger partial charge in [0.05, 0.1) is 5.57 Å². The molecule has 1 aromatic carbocycles. The van der Waals surface area contributed by atoms with Crippen molar-refractivity contribution in [1.29, 1.82) is 0 Å². The monoisotopic (exact) mass is 396 g/mol. The normalized spacial score (nSPS) is 17.6. The van der Waals surface area contributed by atoms with Crippen molar-refractivity contribution in [3.63, 3.8) is 0 Å². The highest BCUT2D eigenvalue weighted by molar-refractivity contribution is 6.34. The number of piperazine rings is 1. The van der Waals surface area contributed by atoms with Gasteiger partial charge in [-0.1, -0.05) is 12.1 Å². The lowest BCUT2D eigenvalue weighted by molar-refractivity contribution is -0.131. The molecule has 0 aliphatic carbocycles. The van der Waals surface area contributed by atoms with E-state index in [1.54, 1.807) is 6.20 Å². The Bertz CT molecular complexity index is 918. The fourth-order valence-corrected chi connectivity index (χ4v) is 3.73. The van der Waals surface area contributed by atoms with E-state index >= 15 is 0 Å². The fraction of sp³-hybridized carbons (Fsp3) is 0.286. The van der Waals surface area contributed by atoms with Gasteiger partial charge in [-0.3, -0.25) is 9.59 Å². The molecular weight excluding hydrogens is 376 g/mol. The van der Waals surface area contributed by atoms with Gasteiger partial charge in [-0.2, -0.15) is 0 Å². The molecular formula is C21H21ClN4O2. The van der Waals surface area contributed by atoms with Crippen LogP contribution in [0.2, 0.25) is 0 Å². The third-order valence-corrected chi connectivity index (χ3v) is 5.27. The molecule has 2 aromatic rings. The lowest BCUT2D eigenvalue weighted by atomic mass is 10.1. The van der Waals surface area contributed by atoms with E-state index in [0.717, 1.165) is 29.9 Å². The van der Waals surface area contributed by atoms with Gasteiger partial charge >= 0.3 is 0 Å². The molecule has 28 heavy (non-hydrogen) atoms. The molecule has 2 aliphatic heterocycles. The number of carbonyl (C=O) groups excluding carboxylic acids is 2. The second-order valence-corrected chi connectivity index (χ2v) is 7.19. The second-order valence-electron chi connectivity index (χ2n) is 6.81. The summed E-state index contributed by atoms with van der Waals surface area (Å²) in [6.07, 6.45) is 3.95. The van der Waals surface area contributed by atoms with Crippen LogP contribution < -0.4 is 10.2 Å². The number of benzene rings is 1. The van der Waals surface area contributed by atoms with Crippen molar-refractivity contribution >= 4 is 46.6 Å². The Hall–Kier alpha value is -2.86. The molecule has 2 amide bonds. The van der Waals surface area contributed by atoms with E-state index in [-0.39, 0.29) is 11.8 Å². The van der Waals surface area contributed by atoms with E-state index in [0.29, 0.717) is 36.8 Å². The van der Waals surface area contributed by atoms with Gasteiger partial charge < -0.3 is 15.1 Å². The average Bonchev–Trinajstić information content (AvgIpc) is 3.04. The van der Waals surface area contributed by atoms with Crippen LogP contribution in [-0.2, 0) is 9.59 Å². The molecule has 4 rings (SSSR count). The number of hydrogen-bond acceptors (Lipinski definition) is 4. The minimum absolute atomic E-state index is 0.126. The first-order valence-electron chi connectivity index (χ1n) is 9.33. The van der Waals surface area contributed by atoms with Crippen LogP contribution in [-0.4, -0.2) is 53.8 Å². The van der Waals surface area contributed by atoms with Crippen LogP contribution in [0.1, 0.15) is 17.5 Å². The minimum Gasteiger partial charge on any atom is -0.368 e. The van der Waals surface area contributed by atoms with E-state index in [1.807, 2.05) is 35.2 Å². The van der Waals surface area contributed by atoms with Crippen LogP contribution in [0.4, 0.5) is 11.5 Å². The zero-order chi connectivity index (χ0) is 19.5. The van der Waals surface area contributed by atoms with E-state index < -0.39 is 0 Å². The number of hydrogen-bond donors (Lipinski definition) is 1. The number of nitrogens with one attached hydrogen (secondary N) is 1. The summed E-state index contributed by atoms with van der Waals surface area (Å²) in [7, 11) is 0. The lowest BCUT2D eigenvalue weighted by Crippen LogP contribution is -2.48. The zero-order valence-corrected chi connectivity index (χ0v) is 16.2. The number of rotatable bonds is 4. The first kappa shape index (κ1) is 18.5. The summed E-state index contributed by atoms with van der Waals surface area (Å²) in [6, 6.07) is 11.8. The van der Waals surface area contributed by atoms with Gasteiger partial charge in [0.15, 0.2) is 0 Å². The van der Waals surface area contributed by atoms with Crippen molar-refractivity contribution in [1.82, 2.24) is 9.88 Å². The van der Waals surface area contributed by atoms with Gasteiger partial charge in [0.25, 0.3) is 5.91 Å². The molecule has 2 aliphatic rings. The standard InChI is InChI=1S/C21H21ClN4O2/c22-8-7-19(27)26-12-10-25(11-13-26)16-5-3-15(4-6-16)14-18-17-2-1-9-23-20(17)24-21(18)28/h1-6,9,14H,7-8,10-13H2,(H,23,24,28)/b18-14-. The topological polar surface area (TPSA) is 65.5 Å². The van der Waals surface area contributed by atoms with Crippen LogP contribution in [0, 0.1) is 0 Å². The Balaban J connectivity index is 1.44. The summed E-state index contributed by atoms with van der Waals surface area (Å²) in [4.78, 5) is 32.5. The number of carbonyl (C=O) groups is 2. The van der Waals surface area contributed by atoms with E-state index in [2.05, 4.69) is 27.3 Å². The number of amides is 2. The Morgan fingerprint density at radius 1 is 1.14 bits per heavy atom. The highest BCUT2D eigenvalue weighted by atomic mass is 35.5. The van der Waals surface area contributed by atoms with Gasteiger partial charge in [-0.25, -0.2) is 4.98 Å². The van der Waals surface area contributed by atoms with Crippen LogP contribution in [0.15, 0.2) is 42.6 Å². The minimum atomic E-state index is -0.129. The summed E-state index contributed by atoms with van der Waals surface area (Å²) < 4.78 is 0. The Morgan fingerprint density at radius 2 is 1.89 bits per heavy atom. The predicted octanol–water partition coefficient (Wildman–Crippen LogP) is 2.85. The molecule has 0 saturated carbocycles. The summed E-state index contributed by atoms with van der Waals surface area (Å²) >= 11 is 5.66. The molecule has 1 fully saturated rings. The summed E-state index contributed by atoms with van der Waals surface area (Å²) in [6.45, 7) is 3.03. The largest absolute Gasteiger partial charge is 0.368 e. The number of alkyl halides is 1. The average molecular weight is 397 g/mol. The smallest absolute Gasteiger partial charge is 0.257 e. The Morgan fingerprint density at radius 3 is 2.61 bits per heavy atom. The Kier molecular flexibility index (Phi) is 5.30. The fourth-order valence-electron chi connectivity index (χ4n) is 3.56. The van der Waals surface area contributed by atoms with Crippen molar-refractivity contribution in [3.8, 4) is 0 Å². The third kappa shape index (κ3) is 3.73. The van der Waals surface area contributed by atoms with Crippen molar-refractivity contribution in [2.24, 2.45) is 0 Å². The second kappa shape index (κ2) is 8.02. The van der Waals surface area contributed by atoms with E-state index in [9.17, 15) is 9.59 Å². The van der Waals surface area contributed by atoms with Gasteiger partial charge in [-0.15, -0.1) is 11.6 Å². The number of nitrogens with zero attached hydrogens (tertiary/aromatic N) is 3. The number of fused-ring (bicyclic) bond motifs is 1. The van der Waals surface area contributed by atoms with Crippen molar-refractivity contribution in [3.05, 3.63) is 53.7 Å². The third-order valence-electron chi connectivity index (χ3n) is 5.08. The van der Waals surface area contributed by atoms with Crippen LogP contribution >= 0.6 is 11.6 Å². The predicted molar refractivity (Wildman–Crippen MR) is 111 cm³/mol. The van der Waals surface area contributed by atoms with Crippen LogP contribution in [0.3, 0.4) is 0 Å². The molecule has 0 radical (unpaired) electrons. The lowest BCUT2D eigenvalue weighted by Gasteiger charge is -2.36. The van der Waals surface area contributed by atoms with Gasteiger partial charge in [0.2, 0.25) is 5.91 Å².